The van der Waals surface area contributed by atoms with Gasteiger partial charge in [-0.15, -0.1) is 0 Å². The molecule has 0 saturated heterocycles. The molecule has 0 aliphatic carbocycles. The summed E-state index contributed by atoms with van der Waals surface area (Å²) in [4.78, 5) is 9.76. The van der Waals surface area contributed by atoms with Gasteiger partial charge in [-0.3, -0.25) is 9.98 Å². The predicted molar refractivity (Wildman–Crippen MR) is 237 cm³/mol. The highest BCUT2D eigenvalue weighted by atomic mass is 16.5. The maximum atomic E-state index is 6.66. The molecule has 0 radical (unpaired) electrons. The second-order valence-corrected chi connectivity index (χ2v) is 14.2. The van der Waals surface area contributed by atoms with Gasteiger partial charge in [0.1, 0.15) is 17.2 Å². The second kappa shape index (κ2) is 14.6. The molecular weight excluding hydrogens is 695 g/mol. The van der Waals surface area contributed by atoms with Crippen LogP contribution in [0.2, 0.25) is 0 Å². The first-order valence-electron chi connectivity index (χ1n) is 19.2. The number of benzene rings is 8. The number of hydrogen-bond donors (Lipinski definition) is 0. The molecule has 4 nitrogen and oxygen atoms in total. The van der Waals surface area contributed by atoms with Crippen LogP contribution >= 0.6 is 0 Å². The average molecular weight is 732 g/mol. The predicted octanol–water partition coefficient (Wildman–Crippen LogP) is 13.2. The van der Waals surface area contributed by atoms with Crippen molar-refractivity contribution in [2.24, 2.45) is 9.98 Å². The lowest BCUT2D eigenvalue weighted by Gasteiger charge is -2.13. The molecule has 0 unspecified atom stereocenters. The maximum Gasteiger partial charge on any atom is 0.179 e. The van der Waals surface area contributed by atoms with Crippen molar-refractivity contribution in [1.82, 2.24) is 4.57 Å². The third kappa shape index (κ3) is 6.24. The van der Waals surface area contributed by atoms with Crippen molar-refractivity contribution in [3.63, 3.8) is 0 Å². The maximum absolute atomic E-state index is 6.66. The van der Waals surface area contributed by atoms with Gasteiger partial charge in [0.05, 0.1) is 17.6 Å². The fourth-order valence-corrected chi connectivity index (χ4v) is 8.04. The lowest BCUT2D eigenvalue weighted by Crippen LogP contribution is -2.05. The summed E-state index contributed by atoms with van der Waals surface area (Å²) in [5.41, 5.74) is 14.7. The number of allylic oxidation sites excluding steroid dienone is 1. The molecule has 10 rings (SSSR count). The fourth-order valence-electron chi connectivity index (χ4n) is 8.04. The molecule has 57 heavy (non-hydrogen) atoms. The van der Waals surface area contributed by atoms with Crippen molar-refractivity contribution in [3.05, 3.63) is 223 Å². The Morgan fingerprint density at radius 3 is 1.91 bits per heavy atom. The van der Waals surface area contributed by atoms with E-state index in [4.69, 9.17) is 9.73 Å². The van der Waals surface area contributed by atoms with E-state index in [9.17, 15) is 0 Å². The van der Waals surface area contributed by atoms with Gasteiger partial charge in [-0.25, -0.2) is 0 Å². The standard InChI is InChI=1S/C53H37N3O/c1-54-50(39-29-27-38(28-30-39)37-17-7-3-8-18-37)53-51(55-35-36-15-5-2-6-16-36)47-34-41(31-32-49(47)57-53)40-19-13-20-42(33-40)44-24-14-25-46-45-23-11-12-26-48(45)56(52(44)46)43-21-9-4-10-22-43/h2-34H,1,35H2/b53-50+,55-51?. The monoisotopic (exact) mass is 731 g/mol. The van der Waals surface area contributed by atoms with Crippen molar-refractivity contribution in [2.45, 2.75) is 6.54 Å². The zero-order valence-electron chi connectivity index (χ0n) is 31.2. The van der Waals surface area contributed by atoms with E-state index in [1.807, 2.05) is 24.3 Å². The van der Waals surface area contributed by atoms with Gasteiger partial charge in [0.15, 0.2) is 5.76 Å². The smallest absolute Gasteiger partial charge is 0.179 e. The van der Waals surface area contributed by atoms with Gasteiger partial charge in [0.2, 0.25) is 0 Å². The Kier molecular flexibility index (Phi) is 8.69. The molecule has 0 amide bonds. The molecule has 1 aliphatic rings. The summed E-state index contributed by atoms with van der Waals surface area (Å²) in [6.07, 6.45) is 0. The summed E-state index contributed by atoms with van der Waals surface area (Å²) in [5.74, 6) is 1.35. The van der Waals surface area contributed by atoms with Crippen molar-refractivity contribution < 1.29 is 4.74 Å². The van der Waals surface area contributed by atoms with Crippen LogP contribution < -0.4 is 4.74 Å². The molecule has 8 aromatic carbocycles. The van der Waals surface area contributed by atoms with Crippen LogP contribution in [0, 0.1) is 0 Å². The van der Waals surface area contributed by atoms with E-state index in [2.05, 4.69) is 192 Å². The molecule has 0 bridgehead atoms. The number of rotatable bonds is 8. The van der Waals surface area contributed by atoms with Gasteiger partial charge in [-0.2, -0.15) is 0 Å². The normalized spacial score (nSPS) is 13.8. The summed E-state index contributed by atoms with van der Waals surface area (Å²) in [6, 6.07) is 70.2. The Morgan fingerprint density at radius 2 is 1.12 bits per heavy atom. The van der Waals surface area contributed by atoms with Crippen molar-refractivity contribution in [3.8, 4) is 44.8 Å². The van der Waals surface area contributed by atoms with Crippen molar-refractivity contribution >= 4 is 39.9 Å². The van der Waals surface area contributed by atoms with Gasteiger partial charge in [-0.05, 0) is 76.5 Å². The number of aliphatic imine (C=N–C) groups is 2. The number of aromatic nitrogens is 1. The summed E-state index contributed by atoms with van der Waals surface area (Å²) in [7, 11) is 0. The summed E-state index contributed by atoms with van der Waals surface area (Å²) < 4.78 is 9.05. The second-order valence-electron chi connectivity index (χ2n) is 14.2. The van der Waals surface area contributed by atoms with Gasteiger partial charge in [0, 0.05) is 33.2 Å². The molecule has 4 heteroatoms. The molecule has 1 aromatic heterocycles. The molecule has 270 valence electrons. The third-order valence-electron chi connectivity index (χ3n) is 10.8. The molecule has 2 heterocycles. The topological polar surface area (TPSA) is 38.9 Å². The lowest BCUT2D eigenvalue weighted by molar-refractivity contribution is 0.470. The van der Waals surface area contributed by atoms with Crippen LogP contribution in [-0.4, -0.2) is 17.0 Å². The number of hydrogen-bond acceptors (Lipinski definition) is 3. The van der Waals surface area contributed by atoms with E-state index in [-0.39, 0.29) is 0 Å². The highest BCUT2D eigenvalue weighted by Gasteiger charge is 2.30. The average Bonchev–Trinajstić information content (AvgIpc) is 3.82. The van der Waals surface area contributed by atoms with Gasteiger partial charge in [-0.1, -0.05) is 164 Å². The first kappa shape index (κ1) is 34.0. The Morgan fingerprint density at radius 1 is 0.509 bits per heavy atom. The van der Waals surface area contributed by atoms with Gasteiger partial charge >= 0.3 is 0 Å². The summed E-state index contributed by atoms with van der Waals surface area (Å²) >= 11 is 0. The van der Waals surface area contributed by atoms with Crippen molar-refractivity contribution in [2.75, 3.05) is 0 Å². The Bertz CT molecular complexity index is 3000. The van der Waals surface area contributed by atoms with E-state index in [1.54, 1.807) is 0 Å². The van der Waals surface area contributed by atoms with Crippen LogP contribution in [0.5, 0.6) is 5.75 Å². The van der Waals surface area contributed by atoms with Crippen LogP contribution in [0.25, 0.3) is 66.6 Å². The van der Waals surface area contributed by atoms with E-state index in [0.717, 1.165) is 61.7 Å². The zero-order valence-corrected chi connectivity index (χ0v) is 31.2. The molecular formula is C53H37N3O. The minimum Gasteiger partial charge on any atom is -0.452 e. The summed E-state index contributed by atoms with van der Waals surface area (Å²) in [6.45, 7) is 4.50. The van der Waals surface area contributed by atoms with Crippen molar-refractivity contribution in [1.29, 1.82) is 0 Å². The van der Waals surface area contributed by atoms with E-state index >= 15 is 0 Å². The molecule has 0 saturated carbocycles. The third-order valence-corrected chi connectivity index (χ3v) is 10.8. The molecule has 0 atom stereocenters. The lowest BCUT2D eigenvalue weighted by atomic mass is 9.95. The number of para-hydroxylation sites is 3. The molecule has 0 N–H and O–H groups in total. The van der Waals surface area contributed by atoms with Crippen LogP contribution in [0.3, 0.4) is 0 Å². The first-order chi connectivity index (χ1) is 28.2. The quantitative estimate of drug-likeness (QED) is 0.143. The van der Waals surface area contributed by atoms with Gasteiger partial charge in [0.25, 0.3) is 0 Å². The zero-order chi connectivity index (χ0) is 38.1. The first-order valence-corrected chi connectivity index (χ1v) is 19.2. The number of fused-ring (bicyclic) bond motifs is 4. The Balaban J connectivity index is 1.08. The van der Waals surface area contributed by atoms with Crippen LogP contribution in [-0.2, 0) is 6.54 Å². The minimum atomic E-state index is 0.499. The van der Waals surface area contributed by atoms with Gasteiger partial charge < -0.3 is 9.30 Å². The van der Waals surface area contributed by atoms with Crippen LogP contribution in [0.1, 0.15) is 16.7 Å². The molecule has 1 aliphatic heterocycles. The molecule has 0 fully saturated rings. The molecule has 9 aromatic rings. The Hall–Kier alpha value is -7.56. The van der Waals surface area contributed by atoms with Crippen LogP contribution in [0.15, 0.2) is 216 Å². The largest absolute Gasteiger partial charge is 0.452 e. The highest BCUT2D eigenvalue weighted by Crippen LogP contribution is 2.41. The van der Waals surface area contributed by atoms with E-state index in [1.165, 1.54) is 27.4 Å². The van der Waals surface area contributed by atoms with Crippen LogP contribution in [0.4, 0.5) is 0 Å². The number of nitrogens with zero attached hydrogens (tertiary/aromatic N) is 3. The SMILES string of the molecule is C=N/C(=C1/Oc2ccc(-c3cccc(-c4cccc5c6ccccc6n(-c6ccccc6)c45)c3)cc2C1=NCc1ccccc1)c1ccc(-c2ccccc2)cc1. The van der Waals surface area contributed by atoms with E-state index < -0.39 is 0 Å². The Labute approximate surface area is 332 Å². The number of ether oxygens (including phenoxy) is 1. The minimum absolute atomic E-state index is 0.499. The highest BCUT2D eigenvalue weighted by molar-refractivity contribution is 6.20. The van der Waals surface area contributed by atoms with E-state index in [0.29, 0.717) is 18.0 Å². The summed E-state index contributed by atoms with van der Waals surface area (Å²) in [5, 5.41) is 2.46. The fraction of sp³-hybridized carbons (Fsp3) is 0.0189. The molecule has 0 spiro atoms.